The van der Waals surface area contributed by atoms with Crippen molar-refractivity contribution in [3.8, 4) is 5.75 Å². The van der Waals surface area contributed by atoms with Crippen molar-refractivity contribution in [2.24, 2.45) is 0 Å². The standard InChI is InChI=1S/C12H10BrN3O2S2/c13-8-1-3-9(4-2-8)18-7-10(17)15-11(19)16-12-14-5-6-20-12/h1-6H,7H2,(H2,14,15,16,17,19). The number of amides is 1. The first-order valence-corrected chi connectivity index (χ1v) is 7.60. The maximum atomic E-state index is 11.6. The van der Waals surface area contributed by atoms with Crippen LogP contribution in [-0.4, -0.2) is 22.6 Å². The van der Waals surface area contributed by atoms with E-state index in [1.807, 2.05) is 17.5 Å². The number of hydrogen-bond donors (Lipinski definition) is 2. The zero-order valence-electron chi connectivity index (χ0n) is 10.1. The molecule has 0 saturated heterocycles. The van der Waals surface area contributed by atoms with Crippen LogP contribution >= 0.6 is 39.5 Å². The summed E-state index contributed by atoms with van der Waals surface area (Å²) in [5.41, 5.74) is 0. The highest BCUT2D eigenvalue weighted by Gasteiger charge is 2.06. The first kappa shape index (κ1) is 14.9. The van der Waals surface area contributed by atoms with Crippen molar-refractivity contribution in [1.82, 2.24) is 10.3 Å². The number of anilines is 1. The molecule has 1 heterocycles. The zero-order chi connectivity index (χ0) is 14.4. The highest BCUT2D eigenvalue weighted by molar-refractivity contribution is 9.10. The molecular formula is C12H10BrN3O2S2. The van der Waals surface area contributed by atoms with Gasteiger partial charge in [0.05, 0.1) is 0 Å². The minimum Gasteiger partial charge on any atom is -0.484 e. The summed E-state index contributed by atoms with van der Waals surface area (Å²) in [5.74, 6) is 0.282. The SMILES string of the molecule is O=C(COc1ccc(Br)cc1)NC(=S)Nc1nccs1. The minimum absolute atomic E-state index is 0.110. The molecule has 1 aromatic heterocycles. The Morgan fingerprint density at radius 2 is 2.15 bits per heavy atom. The van der Waals surface area contributed by atoms with Gasteiger partial charge in [0.1, 0.15) is 5.75 Å². The van der Waals surface area contributed by atoms with E-state index in [2.05, 4.69) is 31.5 Å². The Morgan fingerprint density at radius 3 is 2.80 bits per heavy atom. The molecule has 0 unspecified atom stereocenters. The van der Waals surface area contributed by atoms with Crippen LogP contribution in [0, 0.1) is 0 Å². The first-order valence-electron chi connectivity index (χ1n) is 5.52. The molecule has 0 fully saturated rings. The van der Waals surface area contributed by atoms with E-state index in [0.717, 1.165) is 4.47 Å². The van der Waals surface area contributed by atoms with Gasteiger partial charge in [0.25, 0.3) is 5.91 Å². The van der Waals surface area contributed by atoms with Crippen molar-refractivity contribution in [3.63, 3.8) is 0 Å². The molecule has 0 radical (unpaired) electrons. The molecular weight excluding hydrogens is 362 g/mol. The van der Waals surface area contributed by atoms with Crippen LogP contribution in [0.15, 0.2) is 40.3 Å². The topological polar surface area (TPSA) is 63.2 Å². The Morgan fingerprint density at radius 1 is 1.40 bits per heavy atom. The van der Waals surface area contributed by atoms with E-state index < -0.39 is 0 Å². The van der Waals surface area contributed by atoms with E-state index in [4.69, 9.17) is 17.0 Å². The van der Waals surface area contributed by atoms with Crippen molar-refractivity contribution in [2.75, 3.05) is 11.9 Å². The number of nitrogens with zero attached hydrogens (tertiary/aromatic N) is 1. The van der Waals surface area contributed by atoms with Gasteiger partial charge in [-0.3, -0.25) is 10.1 Å². The van der Waals surface area contributed by atoms with Crippen LogP contribution in [0.25, 0.3) is 0 Å². The van der Waals surface area contributed by atoms with E-state index in [1.165, 1.54) is 11.3 Å². The van der Waals surface area contributed by atoms with Gasteiger partial charge in [0.2, 0.25) is 0 Å². The molecule has 2 rings (SSSR count). The van der Waals surface area contributed by atoms with Crippen molar-refractivity contribution in [2.45, 2.75) is 0 Å². The second kappa shape index (κ2) is 7.32. The summed E-state index contributed by atoms with van der Waals surface area (Å²) in [6.45, 7) is -0.110. The molecule has 2 aromatic rings. The lowest BCUT2D eigenvalue weighted by Crippen LogP contribution is -2.37. The third-order valence-electron chi connectivity index (χ3n) is 2.09. The number of halogens is 1. The Balaban J connectivity index is 1.75. The van der Waals surface area contributed by atoms with Crippen LogP contribution < -0.4 is 15.4 Å². The summed E-state index contributed by atoms with van der Waals surface area (Å²) in [6, 6.07) is 7.21. The maximum absolute atomic E-state index is 11.6. The number of nitrogens with one attached hydrogen (secondary N) is 2. The highest BCUT2D eigenvalue weighted by Crippen LogP contribution is 2.15. The quantitative estimate of drug-likeness (QED) is 0.809. The fourth-order valence-corrected chi connectivity index (χ4v) is 2.33. The Bertz CT molecular complexity index is 587. The van der Waals surface area contributed by atoms with Gasteiger partial charge in [0.15, 0.2) is 16.9 Å². The smallest absolute Gasteiger partial charge is 0.264 e. The molecule has 0 bridgehead atoms. The van der Waals surface area contributed by atoms with E-state index >= 15 is 0 Å². The Hall–Kier alpha value is -1.51. The highest BCUT2D eigenvalue weighted by atomic mass is 79.9. The summed E-state index contributed by atoms with van der Waals surface area (Å²) in [4.78, 5) is 15.6. The van der Waals surface area contributed by atoms with E-state index in [9.17, 15) is 4.79 Å². The molecule has 20 heavy (non-hydrogen) atoms. The first-order chi connectivity index (χ1) is 9.63. The number of rotatable bonds is 4. The number of hydrogen-bond acceptors (Lipinski definition) is 5. The van der Waals surface area contributed by atoms with Crippen molar-refractivity contribution in [3.05, 3.63) is 40.3 Å². The molecule has 2 N–H and O–H groups in total. The number of thiazole rings is 1. The van der Waals surface area contributed by atoms with Crippen LogP contribution in [0.4, 0.5) is 5.13 Å². The number of benzene rings is 1. The van der Waals surface area contributed by atoms with Gasteiger partial charge in [-0.15, -0.1) is 11.3 Å². The lowest BCUT2D eigenvalue weighted by molar-refractivity contribution is -0.121. The molecule has 5 nitrogen and oxygen atoms in total. The molecule has 8 heteroatoms. The zero-order valence-corrected chi connectivity index (χ0v) is 13.3. The third kappa shape index (κ3) is 4.87. The van der Waals surface area contributed by atoms with Crippen LogP contribution in [0.5, 0.6) is 5.75 Å². The average molecular weight is 372 g/mol. The van der Waals surface area contributed by atoms with Crippen molar-refractivity contribution in [1.29, 1.82) is 0 Å². The van der Waals surface area contributed by atoms with Crippen molar-refractivity contribution >= 4 is 55.6 Å². The normalized spacial score (nSPS) is 9.85. The average Bonchev–Trinajstić information content (AvgIpc) is 2.90. The predicted octanol–water partition coefficient (Wildman–Crippen LogP) is 2.80. The summed E-state index contributed by atoms with van der Waals surface area (Å²) < 4.78 is 6.27. The molecule has 1 amide bonds. The van der Waals surface area contributed by atoms with Gasteiger partial charge in [-0.2, -0.15) is 0 Å². The number of carbonyl (C=O) groups is 1. The Labute approximate surface area is 133 Å². The van der Waals surface area contributed by atoms with Crippen molar-refractivity contribution < 1.29 is 9.53 Å². The van der Waals surface area contributed by atoms with E-state index in [-0.39, 0.29) is 17.6 Å². The number of thiocarbonyl (C=S) groups is 1. The summed E-state index contributed by atoms with van der Waals surface area (Å²) in [6.07, 6.45) is 1.65. The van der Waals surface area contributed by atoms with Gasteiger partial charge in [-0.25, -0.2) is 4.98 Å². The molecule has 0 spiro atoms. The molecule has 0 aliphatic carbocycles. The van der Waals surface area contributed by atoms with Gasteiger partial charge in [-0.05, 0) is 36.5 Å². The van der Waals surface area contributed by atoms with Gasteiger partial charge in [0, 0.05) is 16.0 Å². The molecule has 104 valence electrons. The van der Waals surface area contributed by atoms with Crippen LogP contribution in [0.3, 0.4) is 0 Å². The van der Waals surface area contributed by atoms with Crippen LogP contribution in [0.1, 0.15) is 0 Å². The molecule has 0 aliphatic heterocycles. The van der Waals surface area contributed by atoms with E-state index in [1.54, 1.807) is 18.3 Å². The number of ether oxygens (including phenoxy) is 1. The number of aromatic nitrogens is 1. The Kier molecular flexibility index (Phi) is 5.45. The molecule has 0 aliphatic rings. The van der Waals surface area contributed by atoms with Gasteiger partial charge in [-0.1, -0.05) is 15.9 Å². The summed E-state index contributed by atoms with van der Waals surface area (Å²) in [5, 5.41) is 7.95. The molecule has 0 atom stereocenters. The predicted molar refractivity (Wildman–Crippen MR) is 86.1 cm³/mol. The summed E-state index contributed by atoms with van der Waals surface area (Å²) >= 11 is 9.70. The number of carbonyl (C=O) groups excluding carboxylic acids is 1. The second-order valence-electron chi connectivity index (χ2n) is 3.58. The summed E-state index contributed by atoms with van der Waals surface area (Å²) in [7, 11) is 0. The van der Waals surface area contributed by atoms with E-state index in [0.29, 0.717) is 10.9 Å². The fourth-order valence-electron chi connectivity index (χ4n) is 1.26. The molecule has 0 saturated carbocycles. The lowest BCUT2D eigenvalue weighted by Gasteiger charge is -2.08. The lowest BCUT2D eigenvalue weighted by atomic mass is 10.3. The molecule has 1 aromatic carbocycles. The largest absolute Gasteiger partial charge is 0.484 e. The minimum atomic E-state index is -0.332. The van der Waals surface area contributed by atoms with Crippen LogP contribution in [0.2, 0.25) is 0 Å². The third-order valence-corrected chi connectivity index (χ3v) is 3.51. The second-order valence-corrected chi connectivity index (χ2v) is 5.80. The monoisotopic (exact) mass is 371 g/mol. The van der Waals surface area contributed by atoms with Gasteiger partial charge >= 0.3 is 0 Å². The maximum Gasteiger partial charge on any atom is 0.264 e. The van der Waals surface area contributed by atoms with Crippen LogP contribution in [-0.2, 0) is 4.79 Å². The fraction of sp³-hybridized carbons (Fsp3) is 0.0833. The van der Waals surface area contributed by atoms with Gasteiger partial charge < -0.3 is 10.1 Å².